The second-order valence-corrected chi connectivity index (χ2v) is 6.83. The summed E-state index contributed by atoms with van der Waals surface area (Å²) in [5.41, 5.74) is 0.625. The maximum absolute atomic E-state index is 12.4. The van der Waals surface area contributed by atoms with Gasteiger partial charge in [-0.1, -0.05) is 18.2 Å². The van der Waals surface area contributed by atoms with Crippen molar-refractivity contribution >= 4 is 15.8 Å². The fraction of sp³-hybridized carbons (Fsp3) is 0.312. The van der Waals surface area contributed by atoms with Gasteiger partial charge < -0.3 is 9.47 Å². The lowest BCUT2D eigenvalue weighted by atomic mass is 10.1. The highest BCUT2D eigenvalue weighted by atomic mass is 32.2. The molecule has 2 rings (SSSR count). The highest BCUT2D eigenvalue weighted by molar-refractivity contribution is 7.90. The number of hydrogen-bond donors (Lipinski definition) is 0. The van der Waals surface area contributed by atoms with Crippen LogP contribution in [0, 0.1) is 0 Å². The first-order valence-electron chi connectivity index (χ1n) is 7.02. The predicted molar refractivity (Wildman–Crippen MR) is 84.6 cm³/mol. The highest BCUT2D eigenvalue weighted by Gasteiger charge is 2.18. The Bertz CT molecular complexity index is 748. The summed E-state index contributed by atoms with van der Waals surface area (Å²) in [7, 11) is -0.705. The lowest BCUT2D eigenvalue weighted by molar-refractivity contribution is -0.136. The first-order valence-corrected chi connectivity index (χ1v) is 8.46. The Balaban J connectivity index is 2.11. The second kappa shape index (κ2) is 7.54. The number of nitrogens with zero attached hydrogens (tertiary/aromatic N) is 1. The minimum absolute atomic E-state index is 0.0893. The molecular formula is C16H19NO5S. The Morgan fingerprint density at radius 3 is 2.39 bits per heavy atom. The zero-order valence-electron chi connectivity index (χ0n) is 13.0. The molecular weight excluding hydrogens is 318 g/mol. The molecule has 2 aromatic rings. The van der Waals surface area contributed by atoms with Crippen LogP contribution in [0.5, 0.6) is 0 Å². The smallest absolute Gasteiger partial charge is 0.267 e. The molecule has 0 amide bonds. The maximum Gasteiger partial charge on any atom is 0.267 e. The van der Waals surface area contributed by atoms with Gasteiger partial charge in [-0.15, -0.1) is 0 Å². The molecule has 124 valence electrons. The van der Waals surface area contributed by atoms with E-state index in [2.05, 4.69) is 0 Å². The zero-order valence-corrected chi connectivity index (χ0v) is 13.8. The molecule has 0 unspecified atom stereocenters. The molecule has 0 aliphatic heterocycles. The number of hydrogen-bond acceptors (Lipinski definition) is 5. The number of ether oxygens (including phenoxy) is 2. The van der Waals surface area contributed by atoms with Gasteiger partial charge in [0.15, 0.2) is 6.29 Å². The molecule has 0 aliphatic carbocycles. The van der Waals surface area contributed by atoms with E-state index in [1.807, 2.05) is 0 Å². The van der Waals surface area contributed by atoms with Gasteiger partial charge in [0.25, 0.3) is 10.0 Å². The summed E-state index contributed by atoms with van der Waals surface area (Å²) in [6, 6.07) is 9.75. The SMILES string of the molecule is COC(CC(=O)Cc1ccn(S(=O)(=O)c2ccccc2)c1)OC. The van der Waals surface area contributed by atoms with Gasteiger partial charge in [0.1, 0.15) is 5.78 Å². The fourth-order valence-corrected chi connectivity index (χ4v) is 3.38. The van der Waals surface area contributed by atoms with Crippen molar-refractivity contribution < 1.29 is 22.7 Å². The molecule has 6 nitrogen and oxygen atoms in total. The summed E-state index contributed by atoms with van der Waals surface area (Å²) in [5.74, 6) is -0.0893. The van der Waals surface area contributed by atoms with Gasteiger partial charge in [0, 0.05) is 33.0 Å². The first kappa shape index (κ1) is 17.4. The van der Waals surface area contributed by atoms with E-state index in [0.717, 1.165) is 3.97 Å². The van der Waals surface area contributed by atoms with Crippen molar-refractivity contribution in [3.05, 3.63) is 54.4 Å². The molecule has 0 fully saturated rings. The lowest BCUT2D eigenvalue weighted by Gasteiger charge is -2.11. The monoisotopic (exact) mass is 337 g/mol. The summed E-state index contributed by atoms with van der Waals surface area (Å²) in [4.78, 5) is 12.2. The lowest BCUT2D eigenvalue weighted by Crippen LogP contribution is -2.19. The number of aromatic nitrogens is 1. The zero-order chi connectivity index (χ0) is 16.9. The van der Waals surface area contributed by atoms with Gasteiger partial charge >= 0.3 is 0 Å². The molecule has 0 atom stereocenters. The summed E-state index contributed by atoms with van der Waals surface area (Å²) in [5, 5.41) is 0. The van der Waals surface area contributed by atoms with Gasteiger partial charge in [-0.3, -0.25) is 4.79 Å². The third-order valence-corrected chi connectivity index (χ3v) is 5.02. The van der Waals surface area contributed by atoms with Crippen molar-refractivity contribution in [1.29, 1.82) is 0 Å². The third-order valence-electron chi connectivity index (χ3n) is 3.37. The fourth-order valence-electron chi connectivity index (χ4n) is 2.14. The van der Waals surface area contributed by atoms with E-state index < -0.39 is 16.3 Å². The van der Waals surface area contributed by atoms with Crippen LogP contribution in [0.2, 0.25) is 0 Å². The van der Waals surface area contributed by atoms with Crippen LogP contribution in [0.15, 0.2) is 53.7 Å². The van der Waals surface area contributed by atoms with Crippen LogP contribution < -0.4 is 0 Å². The number of rotatable bonds is 8. The van der Waals surface area contributed by atoms with E-state index >= 15 is 0 Å². The Morgan fingerprint density at radius 2 is 1.78 bits per heavy atom. The summed E-state index contributed by atoms with van der Waals surface area (Å²) in [6.07, 6.45) is 2.55. The van der Waals surface area contributed by atoms with Gasteiger partial charge in [-0.2, -0.15) is 0 Å². The van der Waals surface area contributed by atoms with Crippen molar-refractivity contribution in [3.63, 3.8) is 0 Å². The van der Waals surface area contributed by atoms with E-state index in [1.165, 1.54) is 38.7 Å². The van der Waals surface area contributed by atoms with Crippen molar-refractivity contribution in [2.24, 2.45) is 0 Å². The molecule has 0 bridgehead atoms. The summed E-state index contributed by atoms with van der Waals surface area (Å²) < 4.78 is 36.0. The van der Waals surface area contributed by atoms with Crippen LogP contribution in [-0.4, -0.2) is 38.7 Å². The van der Waals surface area contributed by atoms with E-state index in [4.69, 9.17) is 9.47 Å². The standard InChI is InChI=1S/C16H19NO5S/c1-21-16(22-2)11-14(18)10-13-8-9-17(12-13)23(19,20)15-6-4-3-5-7-15/h3-9,12,16H,10-11H2,1-2H3. The largest absolute Gasteiger partial charge is 0.355 e. The molecule has 0 radical (unpaired) electrons. The summed E-state index contributed by atoms with van der Waals surface area (Å²) >= 11 is 0. The number of carbonyl (C=O) groups excluding carboxylic acids is 1. The second-order valence-electron chi connectivity index (χ2n) is 4.99. The first-order chi connectivity index (χ1) is 11.0. The maximum atomic E-state index is 12.4. The highest BCUT2D eigenvalue weighted by Crippen LogP contribution is 2.15. The van der Waals surface area contributed by atoms with E-state index in [1.54, 1.807) is 24.3 Å². The molecule has 23 heavy (non-hydrogen) atoms. The average molecular weight is 337 g/mol. The van der Waals surface area contributed by atoms with Gasteiger partial charge in [0.2, 0.25) is 0 Å². The topological polar surface area (TPSA) is 74.6 Å². The van der Waals surface area contributed by atoms with Crippen LogP contribution in [-0.2, 0) is 30.7 Å². The number of methoxy groups -OCH3 is 2. The number of carbonyl (C=O) groups is 1. The minimum Gasteiger partial charge on any atom is -0.355 e. The predicted octanol–water partition coefficient (Wildman–Crippen LogP) is 1.85. The van der Waals surface area contributed by atoms with Crippen LogP contribution >= 0.6 is 0 Å². The van der Waals surface area contributed by atoms with Crippen molar-refractivity contribution in [2.45, 2.75) is 24.0 Å². The molecule has 1 heterocycles. The minimum atomic E-state index is -3.63. The van der Waals surface area contributed by atoms with E-state index in [-0.39, 0.29) is 23.5 Å². The molecule has 7 heteroatoms. The molecule has 0 N–H and O–H groups in total. The number of ketones is 1. The molecule has 0 spiro atoms. The Morgan fingerprint density at radius 1 is 1.13 bits per heavy atom. The summed E-state index contributed by atoms with van der Waals surface area (Å²) in [6.45, 7) is 0. The van der Waals surface area contributed by atoms with Crippen molar-refractivity contribution in [3.8, 4) is 0 Å². The van der Waals surface area contributed by atoms with Crippen LogP contribution in [0.1, 0.15) is 12.0 Å². The molecule has 0 saturated carbocycles. The quantitative estimate of drug-likeness (QED) is 0.687. The Labute approximate surface area is 135 Å². The molecule has 0 aliphatic rings. The van der Waals surface area contributed by atoms with Gasteiger partial charge in [-0.05, 0) is 23.8 Å². The van der Waals surface area contributed by atoms with Gasteiger partial charge in [-0.25, -0.2) is 12.4 Å². The van der Waals surface area contributed by atoms with Crippen molar-refractivity contribution in [2.75, 3.05) is 14.2 Å². The van der Waals surface area contributed by atoms with Crippen LogP contribution in [0.4, 0.5) is 0 Å². The third kappa shape index (κ3) is 4.28. The van der Waals surface area contributed by atoms with Crippen LogP contribution in [0.25, 0.3) is 0 Å². The molecule has 1 aromatic carbocycles. The number of Topliss-reactive ketones (excluding diaryl/α,β-unsaturated/α-hetero) is 1. The number of benzene rings is 1. The van der Waals surface area contributed by atoms with Crippen LogP contribution in [0.3, 0.4) is 0 Å². The average Bonchev–Trinajstić information content (AvgIpc) is 3.02. The molecule has 0 saturated heterocycles. The molecule has 1 aromatic heterocycles. The Kier molecular flexibility index (Phi) is 5.70. The Hall–Kier alpha value is -1.96. The van der Waals surface area contributed by atoms with E-state index in [0.29, 0.717) is 5.56 Å². The normalized spacial score (nSPS) is 11.8. The van der Waals surface area contributed by atoms with E-state index in [9.17, 15) is 13.2 Å². The van der Waals surface area contributed by atoms with Gasteiger partial charge in [0.05, 0.1) is 11.3 Å². The van der Waals surface area contributed by atoms with Crippen molar-refractivity contribution in [1.82, 2.24) is 3.97 Å².